The SMILES string of the molecule is CCOc1ccc(C(=O)COP(OCC)OCC)cc1Br. The van der Waals surface area contributed by atoms with Crippen molar-refractivity contribution < 1.29 is 23.1 Å². The first-order chi connectivity index (χ1) is 10.1. The van der Waals surface area contributed by atoms with Crippen molar-refractivity contribution >= 4 is 30.3 Å². The van der Waals surface area contributed by atoms with E-state index in [1.807, 2.05) is 20.8 Å². The molecule has 0 spiro atoms. The number of halogens is 1. The number of carbonyl (C=O) groups excluding carboxylic acids is 1. The highest BCUT2D eigenvalue weighted by atomic mass is 79.9. The van der Waals surface area contributed by atoms with Crippen LogP contribution in [0, 0.1) is 0 Å². The topological polar surface area (TPSA) is 54.0 Å². The molecule has 5 nitrogen and oxygen atoms in total. The lowest BCUT2D eigenvalue weighted by Gasteiger charge is -2.14. The Morgan fingerprint density at radius 1 is 1.10 bits per heavy atom. The molecule has 0 aromatic heterocycles. The molecule has 0 aliphatic rings. The fourth-order valence-electron chi connectivity index (χ4n) is 1.46. The molecule has 0 unspecified atom stereocenters. The van der Waals surface area contributed by atoms with Crippen LogP contribution in [0.1, 0.15) is 31.1 Å². The number of Topliss-reactive ketones (excluding diaryl/α,β-unsaturated/α-hetero) is 1. The maximum Gasteiger partial charge on any atom is 0.333 e. The van der Waals surface area contributed by atoms with Gasteiger partial charge in [0.05, 0.1) is 24.3 Å². The van der Waals surface area contributed by atoms with Crippen LogP contribution in [0.5, 0.6) is 5.75 Å². The summed E-state index contributed by atoms with van der Waals surface area (Å²) in [6.07, 6.45) is 0. The van der Waals surface area contributed by atoms with Crippen molar-refractivity contribution in [2.24, 2.45) is 0 Å². The molecule has 0 heterocycles. The number of benzene rings is 1. The molecule has 0 bridgehead atoms. The Bertz CT molecular complexity index is 449. The summed E-state index contributed by atoms with van der Waals surface area (Å²) >= 11 is 3.38. The molecule has 21 heavy (non-hydrogen) atoms. The molecule has 0 amide bonds. The molecule has 7 heteroatoms. The highest BCUT2D eigenvalue weighted by molar-refractivity contribution is 9.10. The van der Waals surface area contributed by atoms with Crippen molar-refractivity contribution in [2.75, 3.05) is 26.4 Å². The number of hydrogen-bond acceptors (Lipinski definition) is 5. The van der Waals surface area contributed by atoms with Crippen LogP contribution in [-0.4, -0.2) is 32.2 Å². The van der Waals surface area contributed by atoms with Gasteiger partial charge in [-0.25, -0.2) is 0 Å². The molecule has 0 aliphatic heterocycles. The van der Waals surface area contributed by atoms with E-state index in [0.29, 0.717) is 31.1 Å². The molecular weight excluding hydrogens is 359 g/mol. The smallest absolute Gasteiger partial charge is 0.333 e. The molecule has 0 radical (unpaired) electrons. The standard InChI is InChI=1S/C14H20BrO5P/c1-4-17-14-8-7-11(9-12(14)15)13(16)10-20-21(18-5-2)19-6-3/h7-9H,4-6,10H2,1-3H3. The zero-order valence-corrected chi connectivity index (χ0v) is 14.9. The van der Waals surface area contributed by atoms with Crippen LogP contribution in [0.25, 0.3) is 0 Å². The molecule has 0 N–H and O–H groups in total. The highest BCUT2D eigenvalue weighted by Gasteiger charge is 2.15. The summed E-state index contributed by atoms with van der Waals surface area (Å²) < 4.78 is 22.1. The average molecular weight is 379 g/mol. The summed E-state index contributed by atoms with van der Waals surface area (Å²) in [5.41, 5.74) is 0.549. The van der Waals surface area contributed by atoms with Crippen molar-refractivity contribution in [3.8, 4) is 5.75 Å². The number of ether oxygens (including phenoxy) is 1. The van der Waals surface area contributed by atoms with Gasteiger partial charge < -0.3 is 18.3 Å². The maximum absolute atomic E-state index is 12.1. The van der Waals surface area contributed by atoms with Crippen LogP contribution in [-0.2, 0) is 13.6 Å². The second kappa shape index (κ2) is 10.2. The zero-order valence-electron chi connectivity index (χ0n) is 12.4. The Balaban J connectivity index is 2.60. The monoisotopic (exact) mass is 378 g/mol. The van der Waals surface area contributed by atoms with E-state index in [-0.39, 0.29) is 12.4 Å². The van der Waals surface area contributed by atoms with Gasteiger partial charge in [-0.1, -0.05) is 0 Å². The molecule has 118 valence electrons. The van der Waals surface area contributed by atoms with Gasteiger partial charge in [-0.2, -0.15) is 0 Å². The van der Waals surface area contributed by atoms with E-state index < -0.39 is 8.60 Å². The van der Waals surface area contributed by atoms with Crippen LogP contribution in [0.15, 0.2) is 22.7 Å². The molecule has 1 rings (SSSR count). The summed E-state index contributed by atoms with van der Waals surface area (Å²) in [7, 11) is -1.46. The van der Waals surface area contributed by atoms with E-state index in [4.69, 9.17) is 18.3 Å². The summed E-state index contributed by atoms with van der Waals surface area (Å²) in [4.78, 5) is 12.1. The van der Waals surface area contributed by atoms with Gasteiger partial charge in [0.25, 0.3) is 0 Å². The van der Waals surface area contributed by atoms with E-state index in [2.05, 4.69) is 15.9 Å². The lowest BCUT2D eigenvalue weighted by atomic mass is 10.1. The quantitative estimate of drug-likeness (QED) is 0.447. The largest absolute Gasteiger partial charge is 0.493 e. The Kier molecular flexibility index (Phi) is 9.04. The molecule has 1 aromatic carbocycles. The molecule has 0 atom stereocenters. The average Bonchev–Trinajstić information content (AvgIpc) is 2.47. The highest BCUT2D eigenvalue weighted by Crippen LogP contribution is 2.39. The van der Waals surface area contributed by atoms with Crippen LogP contribution in [0.3, 0.4) is 0 Å². The summed E-state index contributed by atoms with van der Waals surface area (Å²) in [6.45, 7) is 7.06. The van der Waals surface area contributed by atoms with Gasteiger partial charge >= 0.3 is 8.60 Å². The number of hydrogen-bond donors (Lipinski definition) is 0. The Hall–Kier alpha value is -0.520. The molecule has 0 fully saturated rings. The van der Waals surface area contributed by atoms with Gasteiger partial charge in [0, 0.05) is 5.56 Å². The third-order valence-electron chi connectivity index (χ3n) is 2.32. The third kappa shape index (κ3) is 6.41. The maximum atomic E-state index is 12.1. The molecule has 1 aromatic rings. The van der Waals surface area contributed by atoms with Gasteiger partial charge in [0.2, 0.25) is 0 Å². The van der Waals surface area contributed by atoms with E-state index >= 15 is 0 Å². The van der Waals surface area contributed by atoms with Crippen molar-refractivity contribution in [2.45, 2.75) is 20.8 Å². The van der Waals surface area contributed by atoms with Crippen LogP contribution >= 0.6 is 24.5 Å². The Morgan fingerprint density at radius 2 is 1.76 bits per heavy atom. The minimum absolute atomic E-state index is 0.0773. The minimum Gasteiger partial charge on any atom is -0.493 e. The van der Waals surface area contributed by atoms with Gasteiger partial charge in [-0.05, 0) is 54.9 Å². The molecular formula is C14H20BrO5P. The fraction of sp³-hybridized carbons (Fsp3) is 0.500. The molecule has 0 aliphatic carbocycles. The normalized spacial score (nSPS) is 10.9. The van der Waals surface area contributed by atoms with Crippen LogP contribution in [0.4, 0.5) is 0 Å². The fourth-order valence-corrected chi connectivity index (χ4v) is 2.83. The van der Waals surface area contributed by atoms with Gasteiger partial charge in [-0.15, -0.1) is 0 Å². The number of ketones is 1. The van der Waals surface area contributed by atoms with Crippen molar-refractivity contribution in [1.82, 2.24) is 0 Å². The number of rotatable bonds is 10. The second-order valence-electron chi connectivity index (χ2n) is 3.83. The summed E-state index contributed by atoms with van der Waals surface area (Å²) in [5.74, 6) is 0.575. The third-order valence-corrected chi connectivity index (χ3v) is 4.22. The van der Waals surface area contributed by atoms with Gasteiger partial charge in [0.15, 0.2) is 5.78 Å². The van der Waals surface area contributed by atoms with Gasteiger partial charge in [-0.3, -0.25) is 4.79 Å². The van der Waals surface area contributed by atoms with E-state index in [1.54, 1.807) is 18.2 Å². The van der Waals surface area contributed by atoms with Crippen LogP contribution in [0.2, 0.25) is 0 Å². The predicted octanol–water partition coefficient (Wildman–Crippen LogP) is 4.35. The first-order valence-electron chi connectivity index (χ1n) is 6.76. The van der Waals surface area contributed by atoms with Crippen molar-refractivity contribution in [3.05, 3.63) is 28.2 Å². The van der Waals surface area contributed by atoms with Crippen LogP contribution < -0.4 is 4.74 Å². The van der Waals surface area contributed by atoms with Gasteiger partial charge in [0.1, 0.15) is 12.4 Å². The lowest BCUT2D eigenvalue weighted by molar-refractivity contribution is 0.0882. The van der Waals surface area contributed by atoms with Crippen molar-refractivity contribution in [1.29, 1.82) is 0 Å². The molecule has 0 saturated carbocycles. The van der Waals surface area contributed by atoms with Crippen molar-refractivity contribution in [3.63, 3.8) is 0 Å². The number of carbonyl (C=O) groups is 1. The van der Waals surface area contributed by atoms with E-state index in [9.17, 15) is 4.79 Å². The lowest BCUT2D eigenvalue weighted by Crippen LogP contribution is -2.09. The Morgan fingerprint density at radius 3 is 2.29 bits per heavy atom. The van der Waals surface area contributed by atoms with E-state index in [1.165, 1.54) is 0 Å². The Labute approximate surface area is 135 Å². The first-order valence-corrected chi connectivity index (χ1v) is 8.65. The second-order valence-corrected chi connectivity index (χ2v) is 5.91. The zero-order chi connectivity index (χ0) is 15.7. The van der Waals surface area contributed by atoms with E-state index in [0.717, 1.165) is 4.47 Å². The first kappa shape index (κ1) is 18.5. The molecule has 0 saturated heterocycles. The summed E-state index contributed by atoms with van der Waals surface area (Å²) in [6, 6.07) is 5.19. The summed E-state index contributed by atoms with van der Waals surface area (Å²) in [5, 5.41) is 0. The predicted molar refractivity (Wildman–Crippen MR) is 85.8 cm³/mol. The minimum atomic E-state index is -1.46.